The largest absolute Gasteiger partial charge is 0.496 e. The third-order valence-electron chi connectivity index (χ3n) is 2.64. The van der Waals surface area contributed by atoms with Crippen LogP contribution in [0.5, 0.6) is 5.75 Å². The molecule has 94 valence electrons. The molecule has 4 heteroatoms. The lowest BCUT2D eigenvalue weighted by Crippen LogP contribution is -2.02. The zero-order chi connectivity index (χ0) is 13.1. The van der Waals surface area contributed by atoms with Gasteiger partial charge in [0.25, 0.3) is 0 Å². The Balaban J connectivity index is 2.39. The highest BCUT2D eigenvalue weighted by Gasteiger charge is 2.18. The molecule has 0 N–H and O–H groups in total. The molecule has 0 spiro atoms. The maximum atomic E-state index is 12.2. The summed E-state index contributed by atoms with van der Waals surface area (Å²) in [6, 6.07) is 8.38. The molecule has 0 fully saturated rings. The van der Waals surface area contributed by atoms with Gasteiger partial charge in [0.1, 0.15) is 11.5 Å². The summed E-state index contributed by atoms with van der Waals surface area (Å²) in [5, 5.41) is 0.525. The maximum absolute atomic E-state index is 12.2. The lowest BCUT2D eigenvalue weighted by molar-refractivity contribution is 0.100. The van der Waals surface area contributed by atoms with Crippen LogP contribution in [-0.4, -0.2) is 12.9 Å². The number of ether oxygens (including phenoxy) is 1. The van der Waals surface area contributed by atoms with E-state index in [0.717, 1.165) is 12.2 Å². The third-order valence-corrected chi connectivity index (χ3v) is 2.88. The van der Waals surface area contributed by atoms with Crippen molar-refractivity contribution in [3.05, 3.63) is 52.4 Å². The fourth-order valence-electron chi connectivity index (χ4n) is 1.68. The van der Waals surface area contributed by atoms with Crippen molar-refractivity contribution >= 4 is 17.4 Å². The minimum absolute atomic E-state index is 0.205. The molecule has 0 bridgehead atoms. The molecule has 18 heavy (non-hydrogen) atoms. The fourth-order valence-corrected chi connectivity index (χ4v) is 1.84. The van der Waals surface area contributed by atoms with Crippen molar-refractivity contribution in [1.82, 2.24) is 0 Å². The minimum Gasteiger partial charge on any atom is -0.496 e. The Morgan fingerprint density at radius 3 is 2.72 bits per heavy atom. The van der Waals surface area contributed by atoms with Gasteiger partial charge in [-0.05, 0) is 30.3 Å². The van der Waals surface area contributed by atoms with E-state index in [-0.39, 0.29) is 5.78 Å². The summed E-state index contributed by atoms with van der Waals surface area (Å²) in [7, 11) is 1.50. The zero-order valence-electron chi connectivity index (χ0n) is 10.2. The van der Waals surface area contributed by atoms with Gasteiger partial charge in [0.15, 0.2) is 5.76 Å². The van der Waals surface area contributed by atoms with Crippen molar-refractivity contribution in [3.63, 3.8) is 0 Å². The predicted octanol–water partition coefficient (Wildman–Crippen LogP) is 3.74. The number of aryl methyl sites for hydroxylation is 1. The summed E-state index contributed by atoms with van der Waals surface area (Å²) in [6.45, 7) is 1.97. The number of benzene rings is 1. The molecule has 1 aromatic carbocycles. The first kappa shape index (κ1) is 12.7. The molecule has 0 atom stereocenters. The van der Waals surface area contributed by atoms with Crippen molar-refractivity contribution in [2.75, 3.05) is 7.11 Å². The van der Waals surface area contributed by atoms with E-state index < -0.39 is 0 Å². The van der Waals surface area contributed by atoms with E-state index in [9.17, 15) is 4.79 Å². The molecule has 3 nitrogen and oxygen atoms in total. The number of furan rings is 1. The topological polar surface area (TPSA) is 39.4 Å². The van der Waals surface area contributed by atoms with Crippen molar-refractivity contribution in [2.24, 2.45) is 0 Å². The molecule has 2 rings (SSSR count). The van der Waals surface area contributed by atoms with Gasteiger partial charge in [-0.25, -0.2) is 0 Å². The highest BCUT2D eigenvalue weighted by molar-refractivity contribution is 6.31. The average Bonchev–Trinajstić information content (AvgIpc) is 2.86. The summed E-state index contributed by atoms with van der Waals surface area (Å²) < 4.78 is 10.6. The Kier molecular flexibility index (Phi) is 3.72. The van der Waals surface area contributed by atoms with Crippen LogP contribution in [-0.2, 0) is 6.42 Å². The Bertz CT molecular complexity index is 572. The van der Waals surface area contributed by atoms with Gasteiger partial charge in [-0.15, -0.1) is 0 Å². The molecule has 0 aliphatic rings. The zero-order valence-corrected chi connectivity index (χ0v) is 11.0. The summed E-state index contributed by atoms with van der Waals surface area (Å²) in [6.07, 6.45) is 0.755. The highest BCUT2D eigenvalue weighted by Crippen LogP contribution is 2.26. The van der Waals surface area contributed by atoms with E-state index in [1.807, 2.05) is 6.92 Å². The molecule has 0 saturated heterocycles. The molecule has 0 amide bonds. The first-order chi connectivity index (χ1) is 8.65. The number of carbonyl (C=O) groups excluding carboxylic acids is 1. The van der Waals surface area contributed by atoms with Crippen molar-refractivity contribution in [3.8, 4) is 5.75 Å². The number of rotatable bonds is 4. The number of halogens is 1. The number of hydrogen-bond acceptors (Lipinski definition) is 3. The van der Waals surface area contributed by atoms with E-state index in [0.29, 0.717) is 22.1 Å². The van der Waals surface area contributed by atoms with Gasteiger partial charge in [0, 0.05) is 11.4 Å². The highest BCUT2D eigenvalue weighted by atomic mass is 35.5. The molecule has 2 aromatic rings. The lowest BCUT2D eigenvalue weighted by Gasteiger charge is -2.06. The van der Waals surface area contributed by atoms with Gasteiger partial charge in [-0.1, -0.05) is 18.5 Å². The van der Waals surface area contributed by atoms with Crippen LogP contribution in [0.3, 0.4) is 0 Å². The van der Waals surface area contributed by atoms with E-state index in [1.165, 1.54) is 7.11 Å². The molecule has 0 radical (unpaired) electrons. The van der Waals surface area contributed by atoms with E-state index in [1.54, 1.807) is 30.3 Å². The van der Waals surface area contributed by atoms with Crippen LogP contribution in [0.1, 0.15) is 28.8 Å². The Morgan fingerprint density at radius 2 is 2.11 bits per heavy atom. The number of hydrogen-bond donors (Lipinski definition) is 0. The number of methoxy groups -OCH3 is 1. The van der Waals surface area contributed by atoms with E-state index >= 15 is 0 Å². The molecule has 0 unspecified atom stereocenters. The van der Waals surface area contributed by atoms with E-state index in [2.05, 4.69) is 0 Å². The van der Waals surface area contributed by atoms with Gasteiger partial charge >= 0.3 is 0 Å². The molecule has 1 aromatic heterocycles. The van der Waals surface area contributed by atoms with Gasteiger partial charge in [0.05, 0.1) is 12.7 Å². The van der Waals surface area contributed by atoms with Crippen LogP contribution in [0.25, 0.3) is 0 Å². The number of carbonyl (C=O) groups is 1. The second kappa shape index (κ2) is 5.27. The monoisotopic (exact) mass is 264 g/mol. The standard InChI is InChI=1S/C14H13ClO3/c1-3-10-5-7-12(18-10)14(16)11-6-4-9(15)8-13(11)17-2/h4-8H,3H2,1-2H3. The lowest BCUT2D eigenvalue weighted by atomic mass is 10.1. The Hall–Kier alpha value is -1.74. The molecular formula is C14H13ClO3. The normalized spacial score (nSPS) is 10.4. The Morgan fingerprint density at radius 1 is 1.33 bits per heavy atom. The quantitative estimate of drug-likeness (QED) is 0.790. The van der Waals surface area contributed by atoms with Gasteiger partial charge < -0.3 is 9.15 Å². The predicted molar refractivity (Wildman–Crippen MR) is 69.5 cm³/mol. The van der Waals surface area contributed by atoms with Crippen LogP contribution in [0.15, 0.2) is 34.7 Å². The molecule has 0 saturated carbocycles. The average molecular weight is 265 g/mol. The van der Waals surface area contributed by atoms with Crippen molar-refractivity contribution in [2.45, 2.75) is 13.3 Å². The first-order valence-corrected chi connectivity index (χ1v) is 6.00. The second-order valence-corrected chi connectivity index (χ2v) is 4.23. The SMILES string of the molecule is CCc1ccc(C(=O)c2ccc(Cl)cc2OC)o1. The van der Waals surface area contributed by atoms with Crippen LogP contribution >= 0.6 is 11.6 Å². The third kappa shape index (κ3) is 2.41. The van der Waals surface area contributed by atoms with Gasteiger partial charge in [-0.2, -0.15) is 0 Å². The molecule has 0 aliphatic heterocycles. The van der Waals surface area contributed by atoms with Crippen LogP contribution < -0.4 is 4.74 Å². The fraction of sp³-hybridized carbons (Fsp3) is 0.214. The van der Waals surface area contributed by atoms with E-state index in [4.69, 9.17) is 20.8 Å². The summed E-state index contributed by atoms with van der Waals surface area (Å²) >= 11 is 5.86. The molecule has 0 aliphatic carbocycles. The summed E-state index contributed by atoms with van der Waals surface area (Å²) in [5.41, 5.74) is 0.443. The van der Waals surface area contributed by atoms with Gasteiger partial charge in [0.2, 0.25) is 5.78 Å². The van der Waals surface area contributed by atoms with Crippen LogP contribution in [0.4, 0.5) is 0 Å². The van der Waals surface area contributed by atoms with Crippen molar-refractivity contribution < 1.29 is 13.9 Å². The van der Waals surface area contributed by atoms with Crippen LogP contribution in [0, 0.1) is 0 Å². The molecular weight excluding hydrogens is 252 g/mol. The van der Waals surface area contributed by atoms with Crippen LogP contribution in [0.2, 0.25) is 5.02 Å². The summed E-state index contributed by atoms with van der Waals surface area (Å²) in [4.78, 5) is 12.2. The first-order valence-electron chi connectivity index (χ1n) is 5.62. The van der Waals surface area contributed by atoms with Gasteiger partial charge in [-0.3, -0.25) is 4.79 Å². The molecule has 1 heterocycles. The maximum Gasteiger partial charge on any atom is 0.231 e. The minimum atomic E-state index is -0.205. The summed E-state index contributed by atoms with van der Waals surface area (Å²) in [5.74, 6) is 1.34. The Labute approximate surface area is 110 Å². The second-order valence-electron chi connectivity index (χ2n) is 3.79. The smallest absolute Gasteiger partial charge is 0.231 e. The number of ketones is 1. The van der Waals surface area contributed by atoms with Crippen molar-refractivity contribution in [1.29, 1.82) is 0 Å².